The van der Waals surface area contributed by atoms with Gasteiger partial charge in [0, 0.05) is 6.07 Å². The Hall–Kier alpha value is -1.50. The number of aromatic nitrogens is 1. The van der Waals surface area contributed by atoms with Gasteiger partial charge in [0.05, 0.1) is 5.56 Å². The topological polar surface area (TPSA) is 76.3 Å². The quantitative estimate of drug-likeness (QED) is 0.475. The van der Waals surface area contributed by atoms with Crippen LogP contribution in [0.4, 0.5) is 14.6 Å². The number of halogens is 3. The predicted octanol–water partition coefficient (Wildman–Crippen LogP) is 2.29. The Kier molecular flexibility index (Phi) is 2.80. The van der Waals surface area contributed by atoms with Crippen LogP contribution in [0.1, 0.15) is 12.0 Å². The number of nitro groups is 1. The first-order valence-electron chi connectivity index (χ1n) is 3.25. The van der Waals surface area contributed by atoms with Gasteiger partial charge < -0.3 is 15.2 Å². The Morgan fingerprint density at radius 3 is 2.64 bits per heavy atom. The van der Waals surface area contributed by atoms with E-state index in [2.05, 4.69) is 4.98 Å². The molecular formula is C6H3ClF2N2O3. The number of rotatable bonds is 2. The van der Waals surface area contributed by atoms with E-state index < -0.39 is 33.6 Å². The molecule has 0 aliphatic heterocycles. The summed E-state index contributed by atoms with van der Waals surface area (Å²) in [4.78, 5) is 12.3. The van der Waals surface area contributed by atoms with Crippen molar-refractivity contribution < 1.29 is 18.8 Å². The molecule has 5 nitrogen and oxygen atoms in total. The zero-order chi connectivity index (χ0) is 10.9. The molecule has 0 spiro atoms. The molecule has 0 saturated carbocycles. The minimum absolute atomic E-state index is 0.478. The molecule has 0 amide bonds. The van der Waals surface area contributed by atoms with Crippen molar-refractivity contribution in [2.24, 2.45) is 0 Å². The lowest BCUT2D eigenvalue weighted by molar-refractivity contribution is -0.389. The third-order valence-corrected chi connectivity index (χ3v) is 1.65. The first-order chi connectivity index (χ1) is 6.43. The van der Waals surface area contributed by atoms with E-state index >= 15 is 0 Å². The van der Waals surface area contributed by atoms with Crippen molar-refractivity contribution >= 4 is 17.4 Å². The lowest BCUT2D eigenvalue weighted by Gasteiger charge is -2.01. The molecule has 0 aliphatic rings. The van der Waals surface area contributed by atoms with Gasteiger partial charge >= 0.3 is 5.82 Å². The molecule has 14 heavy (non-hydrogen) atoms. The standard InChI is InChI=1S/C6H3ClF2N2O3/c7-5-4(12)2(6(8)9)1-3(10-5)11(13)14/h1,6,12H. The van der Waals surface area contributed by atoms with Crippen molar-refractivity contribution in [3.63, 3.8) is 0 Å². The molecule has 1 heterocycles. The molecule has 1 rings (SSSR count). The molecule has 8 heteroatoms. The van der Waals surface area contributed by atoms with Crippen LogP contribution >= 0.6 is 11.6 Å². The second kappa shape index (κ2) is 3.70. The smallest absolute Gasteiger partial charge is 0.365 e. The zero-order valence-corrected chi connectivity index (χ0v) is 7.20. The molecule has 0 fully saturated rings. The minimum Gasteiger partial charge on any atom is -0.503 e. The Labute approximate surface area is 81.1 Å². The van der Waals surface area contributed by atoms with Crippen LogP contribution in [0.2, 0.25) is 5.15 Å². The van der Waals surface area contributed by atoms with Gasteiger partial charge in [-0.15, -0.1) is 0 Å². The summed E-state index contributed by atoms with van der Waals surface area (Å²) in [6.07, 6.45) is -3.05. The van der Waals surface area contributed by atoms with Crippen molar-refractivity contribution in [1.29, 1.82) is 0 Å². The van der Waals surface area contributed by atoms with E-state index in [1.807, 2.05) is 0 Å². The van der Waals surface area contributed by atoms with Crippen LogP contribution in [-0.2, 0) is 0 Å². The summed E-state index contributed by atoms with van der Waals surface area (Å²) >= 11 is 5.21. The summed E-state index contributed by atoms with van der Waals surface area (Å²) < 4.78 is 24.4. The van der Waals surface area contributed by atoms with E-state index in [-0.39, 0.29) is 0 Å². The fraction of sp³-hybridized carbons (Fsp3) is 0.167. The molecule has 0 aliphatic carbocycles. The summed E-state index contributed by atoms with van der Waals surface area (Å²) in [5.74, 6) is -1.77. The van der Waals surface area contributed by atoms with Crippen LogP contribution < -0.4 is 0 Å². The largest absolute Gasteiger partial charge is 0.503 e. The number of aromatic hydroxyl groups is 1. The Balaban J connectivity index is 3.35. The minimum atomic E-state index is -3.05. The van der Waals surface area contributed by atoms with Gasteiger partial charge in [-0.1, -0.05) is 0 Å². The van der Waals surface area contributed by atoms with Gasteiger partial charge in [0.25, 0.3) is 11.6 Å². The summed E-state index contributed by atoms with van der Waals surface area (Å²) in [6.45, 7) is 0. The highest BCUT2D eigenvalue weighted by Gasteiger charge is 2.24. The fourth-order valence-electron chi connectivity index (χ4n) is 0.772. The lowest BCUT2D eigenvalue weighted by atomic mass is 10.2. The molecule has 1 aromatic heterocycles. The highest BCUT2D eigenvalue weighted by atomic mass is 35.5. The van der Waals surface area contributed by atoms with E-state index in [9.17, 15) is 18.9 Å². The lowest BCUT2D eigenvalue weighted by Crippen LogP contribution is -1.96. The third kappa shape index (κ3) is 1.87. The Morgan fingerprint density at radius 1 is 1.64 bits per heavy atom. The van der Waals surface area contributed by atoms with E-state index in [4.69, 9.17) is 16.7 Å². The van der Waals surface area contributed by atoms with Crippen molar-refractivity contribution in [2.45, 2.75) is 6.43 Å². The van der Waals surface area contributed by atoms with Crippen LogP contribution in [0, 0.1) is 10.1 Å². The maximum Gasteiger partial charge on any atom is 0.365 e. The molecule has 0 bridgehead atoms. The van der Waals surface area contributed by atoms with Gasteiger partial charge in [0.15, 0.2) is 5.75 Å². The van der Waals surface area contributed by atoms with Gasteiger partial charge in [0.2, 0.25) is 0 Å². The van der Waals surface area contributed by atoms with E-state index in [1.165, 1.54) is 0 Å². The van der Waals surface area contributed by atoms with Gasteiger partial charge in [-0.25, -0.2) is 8.78 Å². The number of nitrogens with zero attached hydrogens (tertiary/aromatic N) is 2. The molecule has 76 valence electrons. The molecule has 0 saturated heterocycles. The van der Waals surface area contributed by atoms with Gasteiger partial charge in [0.1, 0.15) is 0 Å². The van der Waals surface area contributed by atoms with Gasteiger partial charge in [-0.2, -0.15) is 0 Å². The van der Waals surface area contributed by atoms with Crippen LogP contribution in [0.3, 0.4) is 0 Å². The van der Waals surface area contributed by atoms with Gasteiger partial charge in [-0.05, 0) is 21.5 Å². The number of pyridine rings is 1. The first kappa shape index (κ1) is 10.6. The summed E-state index contributed by atoms with van der Waals surface area (Å²) in [6, 6.07) is 0.478. The van der Waals surface area contributed by atoms with Crippen molar-refractivity contribution in [2.75, 3.05) is 0 Å². The van der Waals surface area contributed by atoms with Crippen LogP contribution in [0.5, 0.6) is 5.75 Å². The maximum absolute atomic E-state index is 12.2. The number of hydrogen-bond acceptors (Lipinski definition) is 4. The average molecular weight is 225 g/mol. The monoisotopic (exact) mass is 224 g/mol. The van der Waals surface area contributed by atoms with Crippen molar-refractivity contribution in [1.82, 2.24) is 4.98 Å². The molecule has 0 atom stereocenters. The van der Waals surface area contributed by atoms with Crippen molar-refractivity contribution in [3.05, 3.63) is 26.9 Å². The molecule has 0 radical (unpaired) electrons. The Bertz CT molecular complexity index is 386. The van der Waals surface area contributed by atoms with E-state index in [1.54, 1.807) is 0 Å². The second-order valence-electron chi connectivity index (χ2n) is 2.27. The fourth-order valence-corrected chi connectivity index (χ4v) is 0.968. The maximum atomic E-state index is 12.2. The number of hydrogen-bond donors (Lipinski definition) is 1. The highest BCUT2D eigenvalue weighted by Crippen LogP contribution is 2.35. The summed E-state index contributed by atoms with van der Waals surface area (Å²) in [7, 11) is 0. The Morgan fingerprint density at radius 2 is 2.21 bits per heavy atom. The van der Waals surface area contributed by atoms with Crippen LogP contribution in [0.25, 0.3) is 0 Å². The summed E-state index contributed by atoms with van der Waals surface area (Å²) in [5, 5.41) is 18.5. The molecule has 0 aromatic carbocycles. The summed E-state index contributed by atoms with van der Waals surface area (Å²) in [5.41, 5.74) is -0.906. The second-order valence-corrected chi connectivity index (χ2v) is 2.62. The molecule has 1 N–H and O–H groups in total. The van der Waals surface area contributed by atoms with Gasteiger partial charge in [-0.3, -0.25) is 0 Å². The first-order valence-corrected chi connectivity index (χ1v) is 3.63. The normalized spacial score (nSPS) is 10.6. The molecular weight excluding hydrogens is 222 g/mol. The SMILES string of the molecule is O=[N+]([O-])c1cc(C(F)F)c(O)c(Cl)n1. The van der Waals surface area contributed by atoms with Crippen LogP contribution in [-0.4, -0.2) is 15.0 Å². The van der Waals surface area contributed by atoms with Crippen LogP contribution in [0.15, 0.2) is 6.07 Å². The van der Waals surface area contributed by atoms with E-state index in [0.717, 1.165) is 0 Å². The highest BCUT2D eigenvalue weighted by molar-refractivity contribution is 6.31. The number of alkyl halides is 2. The molecule has 1 aromatic rings. The third-order valence-electron chi connectivity index (χ3n) is 1.39. The predicted molar refractivity (Wildman–Crippen MR) is 42.5 cm³/mol. The van der Waals surface area contributed by atoms with Crippen molar-refractivity contribution in [3.8, 4) is 5.75 Å². The van der Waals surface area contributed by atoms with E-state index in [0.29, 0.717) is 6.07 Å². The molecule has 0 unspecified atom stereocenters. The zero-order valence-electron chi connectivity index (χ0n) is 6.45. The average Bonchev–Trinajstić information content (AvgIpc) is 2.08.